The molecular weight excluding hydrogens is 286 g/mol. The van der Waals surface area contributed by atoms with E-state index in [4.69, 9.17) is 5.73 Å². The number of anilines is 1. The molecule has 0 aliphatic heterocycles. The number of ether oxygens (including phenoxy) is 1. The molecule has 0 aliphatic carbocycles. The summed E-state index contributed by atoms with van der Waals surface area (Å²) in [7, 11) is 0. The second kappa shape index (κ2) is 5.20. The molecule has 1 aromatic rings. The number of esters is 1. The molecule has 1 rings (SSSR count). The summed E-state index contributed by atoms with van der Waals surface area (Å²) in [5.41, 5.74) is 4.35. The molecule has 0 saturated carbocycles. The summed E-state index contributed by atoms with van der Waals surface area (Å²) in [6.07, 6.45) is -2.83. The van der Waals surface area contributed by atoms with E-state index in [0.717, 1.165) is 0 Å². The van der Waals surface area contributed by atoms with Gasteiger partial charge in [-0.1, -0.05) is 0 Å². The highest BCUT2D eigenvalue weighted by molar-refractivity contribution is 9.10. The van der Waals surface area contributed by atoms with Crippen molar-refractivity contribution in [3.63, 3.8) is 0 Å². The molecule has 0 radical (unpaired) electrons. The molecule has 2 N–H and O–H groups in total. The number of alkyl halides is 2. The minimum absolute atomic E-state index is 0.140. The molecule has 0 bridgehead atoms. The third kappa shape index (κ3) is 2.66. The number of hydrogen-bond donors (Lipinski definition) is 1. The van der Waals surface area contributed by atoms with Crippen LogP contribution in [-0.2, 0) is 4.74 Å². The number of halogens is 3. The zero-order valence-electron chi connectivity index (χ0n) is 8.34. The zero-order chi connectivity index (χ0) is 12.3. The van der Waals surface area contributed by atoms with Gasteiger partial charge in [0.1, 0.15) is 5.69 Å². The molecule has 7 heteroatoms. The standard InChI is InChI=1S/C9H9BrF2N2O2/c1-2-16-9(15)6-4(10)3-5(13)7(14-6)8(11)12/h3,8H,2,13H2,1H3. The van der Waals surface area contributed by atoms with Crippen molar-refractivity contribution in [1.82, 2.24) is 4.98 Å². The number of aromatic nitrogens is 1. The lowest BCUT2D eigenvalue weighted by Crippen LogP contribution is -2.11. The predicted octanol–water partition coefficient (Wildman–Crippen LogP) is 2.54. The molecule has 0 unspecified atom stereocenters. The Kier molecular flexibility index (Phi) is 4.17. The van der Waals surface area contributed by atoms with Crippen LogP contribution in [0.4, 0.5) is 14.5 Å². The van der Waals surface area contributed by atoms with Crippen LogP contribution in [-0.4, -0.2) is 17.6 Å². The lowest BCUT2D eigenvalue weighted by Gasteiger charge is -2.08. The highest BCUT2D eigenvalue weighted by Gasteiger charge is 2.20. The summed E-state index contributed by atoms with van der Waals surface area (Å²) in [5, 5.41) is 0. The van der Waals surface area contributed by atoms with E-state index < -0.39 is 18.1 Å². The minimum Gasteiger partial charge on any atom is -0.461 e. The van der Waals surface area contributed by atoms with Crippen LogP contribution in [0.1, 0.15) is 29.5 Å². The van der Waals surface area contributed by atoms with Crippen molar-refractivity contribution in [1.29, 1.82) is 0 Å². The van der Waals surface area contributed by atoms with Crippen LogP contribution in [0.5, 0.6) is 0 Å². The first-order valence-electron chi connectivity index (χ1n) is 4.38. The molecule has 0 spiro atoms. The van der Waals surface area contributed by atoms with E-state index in [-0.39, 0.29) is 22.5 Å². The third-order valence-electron chi connectivity index (χ3n) is 1.71. The molecule has 1 heterocycles. The molecule has 16 heavy (non-hydrogen) atoms. The fourth-order valence-electron chi connectivity index (χ4n) is 1.03. The van der Waals surface area contributed by atoms with Crippen LogP contribution in [0.2, 0.25) is 0 Å². The van der Waals surface area contributed by atoms with Gasteiger partial charge < -0.3 is 10.5 Å². The van der Waals surface area contributed by atoms with Gasteiger partial charge in [-0.05, 0) is 28.9 Å². The number of rotatable bonds is 3. The fraction of sp³-hybridized carbons (Fsp3) is 0.333. The van der Waals surface area contributed by atoms with E-state index in [9.17, 15) is 13.6 Å². The van der Waals surface area contributed by atoms with Crippen molar-refractivity contribution in [3.05, 3.63) is 21.9 Å². The van der Waals surface area contributed by atoms with Crippen molar-refractivity contribution in [2.24, 2.45) is 0 Å². The Morgan fingerprint density at radius 3 is 2.81 bits per heavy atom. The van der Waals surface area contributed by atoms with E-state index in [2.05, 4.69) is 25.7 Å². The number of nitrogens with two attached hydrogens (primary N) is 1. The van der Waals surface area contributed by atoms with Crippen molar-refractivity contribution < 1.29 is 18.3 Å². The van der Waals surface area contributed by atoms with Gasteiger partial charge >= 0.3 is 5.97 Å². The summed E-state index contributed by atoms with van der Waals surface area (Å²) in [4.78, 5) is 14.8. The van der Waals surface area contributed by atoms with Crippen molar-refractivity contribution in [3.8, 4) is 0 Å². The highest BCUT2D eigenvalue weighted by atomic mass is 79.9. The Hall–Kier alpha value is -1.24. The molecule has 0 saturated heterocycles. The number of carbonyl (C=O) groups excluding carboxylic acids is 1. The van der Waals surface area contributed by atoms with Gasteiger partial charge in [-0.15, -0.1) is 0 Å². The fourth-order valence-corrected chi connectivity index (χ4v) is 1.53. The summed E-state index contributed by atoms with van der Waals surface area (Å²) in [6.45, 7) is 1.75. The second-order valence-electron chi connectivity index (χ2n) is 2.81. The van der Waals surface area contributed by atoms with Gasteiger partial charge in [0.2, 0.25) is 0 Å². The molecule has 0 aliphatic rings. The first-order chi connectivity index (χ1) is 7.47. The van der Waals surface area contributed by atoms with E-state index in [0.29, 0.717) is 0 Å². The summed E-state index contributed by atoms with van der Waals surface area (Å²) >= 11 is 3.01. The molecule has 0 aromatic carbocycles. The molecule has 0 atom stereocenters. The van der Waals surface area contributed by atoms with Crippen LogP contribution < -0.4 is 5.73 Å². The van der Waals surface area contributed by atoms with E-state index in [1.807, 2.05) is 0 Å². The molecular formula is C9H9BrF2N2O2. The van der Waals surface area contributed by atoms with Gasteiger partial charge in [0.15, 0.2) is 5.69 Å². The van der Waals surface area contributed by atoms with Gasteiger partial charge in [0.25, 0.3) is 6.43 Å². The maximum absolute atomic E-state index is 12.5. The SMILES string of the molecule is CCOC(=O)c1nc(C(F)F)c(N)cc1Br. The van der Waals surface area contributed by atoms with Gasteiger partial charge in [-0.3, -0.25) is 0 Å². The summed E-state index contributed by atoms with van der Waals surface area (Å²) < 4.78 is 29.9. The predicted molar refractivity (Wildman–Crippen MR) is 57.3 cm³/mol. The van der Waals surface area contributed by atoms with Crippen molar-refractivity contribution in [2.45, 2.75) is 13.3 Å². The third-order valence-corrected chi connectivity index (χ3v) is 2.32. The van der Waals surface area contributed by atoms with Crippen LogP contribution in [0.15, 0.2) is 10.5 Å². The topological polar surface area (TPSA) is 65.2 Å². The van der Waals surface area contributed by atoms with Crippen molar-refractivity contribution >= 4 is 27.6 Å². The largest absolute Gasteiger partial charge is 0.461 e. The molecule has 88 valence electrons. The number of pyridine rings is 1. The quantitative estimate of drug-likeness (QED) is 0.870. The van der Waals surface area contributed by atoms with Gasteiger partial charge in [0.05, 0.1) is 16.8 Å². The number of nitrogens with zero attached hydrogens (tertiary/aromatic N) is 1. The maximum Gasteiger partial charge on any atom is 0.358 e. The van der Waals surface area contributed by atoms with Gasteiger partial charge in [-0.25, -0.2) is 18.6 Å². The Labute approximate surface area is 98.9 Å². The van der Waals surface area contributed by atoms with E-state index in [1.54, 1.807) is 6.92 Å². The number of carbonyl (C=O) groups is 1. The van der Waals surface area contributed by atoms with Crippen LogP contribution >= 0.6 is 15.9 Å². The maximum atomic E-state index is 12.5. The van der Waals surface area contributed by atoms with E-state index in [1.165, 1.54) is 6.07 Å². The lowest BCUT2D eigenvalue weighted by atomic mass is 10.2. The van der Waals surface area contributed by atoms with Gasteiger partial charge in [0, 0.05) is 0 Å². The summed E-state index contributed by atoms with van der Waals surface area (Å²) in [6, 6.07) is 1.21. The Morgan fingerprint density at radius 2 is 2.31 bits per heavy atom. The average molecular weight is 295 g/mol. The monoisotopic (exact) mass is 294 g/mol. The molecule has 0 amide bonds. The first-order valence-corrected chi connectivity index (χ1v) is 5.17. The van der Waals surface area contributed by atoms with Crippen LogP contribution in [0, 0.1) is 0 Å². The average Bonchev–Trinajstić information content (AvgIpc) is 2.17. The van der Waals surface area contributed by atoms with Crippen LogP contribution in [0.3, 0.4) is 0 Å². The Morgan fingerprint density at radius 1 is 1.69 bits per heavy atom. The Bertz CT molecular complexity index is 413. The van der Waals surface area contributed by atoms with Crippen LogP contribution in [0.25, 0.3) is 0 Å². The summed E-state index contributed by atoms with van der Waals surface area (Å²) in [5.74, 6) is -0.767. The number of hydrogen-bond acceptors (Lipinski definition) is 4. The zero-order valence-corrected chi connectivity index (χ0v) is 9.92. The van der Waals surface area contributed by atoms with E-state index >= 15 is 0 Å². The number of nitrogen functional groups attached to an aromatic ring is 1. The smallest absolute Gasteiger partial charge is 0.358 e. The lowest BCUT2D eigenvalue weighted by molar-refractivity contribution is 0.0517. The molecule has 0 fully saturated rings. The second-order valence-corrected chi connectivity index (χ2v) is 3.67. The first kappa shape index (κ1) is 12.8. The molecule has 1 aromatic heterocycles. The van der Waals surface area contributed by atoms with Crippen molar-refractivity contribution in [2.75, 3.05) is 12.3 Å². The Balaban J connectivity index is 3.19. The molecule has 4 nitrogen and oxygen atoms in total. The highest BCUT2D eigenvalue weighted by Crippen LogP contribution is 2.27. The normalized spacial score (nSPS) is 10.6. The minimum atomic E-state index is -2.83. The van der Waals surface area contributed by atoms with Gasteiger partial charge in [-0.2, -0.15) is 0 Å².